The lowest BCUT2D eigenvalue weighted by Crippen LogP contribution is -2.47. The minimum atomic E-state index is -0.118. The maximum atomic E-state index is 11.8. The van der Waals surface area contributed by atoms with E-state index < -0.39 is 0 Å². The first-order chi connectivity index (χ1) is 11.0. The summed E-state index contributed by atoms with van der Waals surface area (Å²) in [5.74, 6) is 0.467. The average Bonchev–Trinajstić information content (AvgIpc) is 2.55. The van der Waals surface area contributed by atoms with Crippen LogP contribution in [0.1, 0.15) is 19.8 Å². The van der Waals surface area contributed by atoms with Gasteiger partial charge in [-0.3, -0.25) is 9.59 Å². The van der Waals surface area contributed by atoms with Gasteiger partial charge in [0.15, 0.2) is 5.96 Å². The summed E-state index contributed by atoms with van der Waals surface area (Å²) in [5, 5.41) is 3.17. The Morgan fingerprint density at radius 2 is 2.04 bits per heavy atom. The van der Waals surface area contributed by atoms with Gasteiger partial charge in [-0.25, -0.2) is 4.99 Å². The van der Waals surface area contributed by atoms with Crippen molar-refractivity contribution in [3.8, 4) is 0 Å². The Balaban J connectivity index is 2.63. The van der Waals surface area contributed by atoms with Gasteiger partial charge in [-0.1, -0.05) is 6.08 Å². The Morgan fingerprint density at radius 1 is 1.39 bits per heavy atom. The number of hydrogen-bond acceptors (Lipinski definition) is 4. The summed E-state index contributed by atoms with van der Waals surface area (Å²) in [4.78, 5) is 31.5. The second kappa shape index (κ2) is 9.86. The quantitative estimate of drug-likeness (QED) is 0.333. The van der Waals surface area contributed by atoms with E-state index in [1.165, 1.54) is 4.90 Å². The zero-order valence-corrected chi connectivity index (χ0v) is 14.4. The molecule has 130 valence electrons. The third-order valence-electron chi connectivity index (χ3n) is 3.68. The van der Waals surface area contributed by atoms with Crippen molar-refractivity contribution in [3.63, 3.8) is 0 Å². The van der Waals surface area contributed by atoms with Crippen LogP contribution in [0.15, 0.2) is 17.6 Å². The van der Waals surface area contributed by atoms with Gasteiger partial charge in [0.2, 0.25) is 5.91 Å². The number of hydrogen-bond donors (Lipinski definition) is 1. The number of nitrogens with zero attached hydrogens (tertiary/aromatic N) is 3. The summed E-state index contributed by atoms with van der Waals surface area (Å²) in [6.45, 7) is 8.02. The number of esters is 1. The maximum absolute atomic E-state index is 11.8. The van der Waals surface area contributed by atoms with E-state index in [0.717, 1.165) is 12.8 Å². The molecule has 0 atom stereocenters. The van der Waals surface area contributed by atoms with Gasteiger partial charge >= 0.3 is 5.97 Å². The highest BCUT2D eigenvalue weighted by Gasteiger charge is 2.27. The van der Waals surface area contributed by atoms with Gasteiger partial charge in [-0.05, 0) is 19.8 Å². The second-order valence-electron chi connectivity index (χ2n) is 5.61. The van der Waals surface area contributed by atoms with Crippen LogP contribution in [0.5, 0.6) is 0 Å². The maximum Gasteiger partial charge on any atom is 0.309 e. The number of rotatable bonds is 6. The standard InChI is InChI=1S/C16H28N4O3/c1-5-9-17-16(18-12-14(21)19(3)4)20-10-7-13(8-11-20)15(22)23-6-2/h5,13H,1,6-12H2,2-4H3,(H,17,18). The number of carbonyl (C=O) groups excluding carboxylic acids is 2. The fraction of sp³-hybridized carbons (Fsp3) is 0.688. The van der Waals surface area contributed by atoms with Crippen LogP contribution in [0.25, 0.3) is 0 Å². The molecule has 0 radical (unpaired) electrons. The van der Waals surface area contributed by atoms with Crippen molar-refractivity contribution >= 4 is 17.8 Å². The minimum absolute atomic E-state index is 0.0461. The van der Waals surface area contributed by atoms with Crippen molar-refractivity contribution in [2.24, 2.45) is 10.9 Å². The number of nitrogens with one attached hydrogen (secondary N) is 1. The van der Waals surface area contributed by atoms with Crippen molar-refractivity contribution in [1.82, 2.24) is 15.1 Å². The van der Waals surface area contributed by atoms with Crippen LogP contribution in [0.4, 0.5) is 0 Å². The predicted octanol–water partition coefficient (Wildman–Crippen LogP) is 0.481. The van der Waals surface area contributed by atoms with E-state index in [0.29, 0.717) is 32.2 Å². The number of amides is 1. The first-order valence-corrected chi connectivity index (χ1v) is 8.00. The number of guanidine groups is 1. The van der Waals surface area contributed by atoms with Crippen molar-refractivity contribution < 1.29 is 14.3 Å². The largest absolute Gasteiger partial charge is 0.466 e. The number of likely N-dealkylation sites (tertiary alicyclic amines) is 1. The molecule has 0 aliphatic carbocycles. The lowest BCUT2D eigenvalue weighted by atomic mass is 9.97. The molecule has 1 saturated heterocycles. The first-order valence-electron chi connectivity index (χ1n) is 8.00. The van der Waals surface area contributed by atoms with Crippen molar-refractivity contribution in [2.45, 2.75) is 19.8 Å². The molecule has 1 fully saturated rings. The van der Waals surface area contributed by atoms with Gasteiger partial charge in [-0.2, -0.15) is 0 Å². The molecule has 7 nitrogen and oxygen atoms in total. The van der Waals surface area contributed by atoms with Crippen LogP contribution in [0, 0.1) is 5.92 Å². The molecule has 23 heavy (non-hydrogen) atoms. The fourth-order valence-electron chi connectivity index (χ4n) is 2.30. The Hall–Kier alpha value is -2.05. The first kappa shape index (κ1) is 19.0. The molecule has 1 aliphatic rings. The van der Waals surface area contributed by atoms with Crippen LogP contribution >= 0.6 is 0 Å². The third-order valence-corrected chi connectivity index (χ3v) is 3.68. The van der Waals surface area contributed by atoms with E-state index in [-0.39, 0.29) is 24.3 Å². The topological polar surface area (TPSA) is 74.2 Å². The Bertz CT molecular complexity index is 441. The highest BCUT2D eigenvalue weighted by molar-refractivity contribution is 5.85. The Morgan fingerprint density at radius 3 is 2.57 bits per heavy atom. The molecule has 1 rings (SSSR count). The molecule has 0 spiro atoms. The molecule has 1 amide bonds. The normalized spacial score (nSPS) is 16.0. The van der Waals surface area contributed by atoms with Gasteiger partial charge in [-0.15, -0.1) is 6.58 Å². The van der Waals surface area contributed by atoms with E-state index in [2.05, 4.69) is 21.8 Å². The summed E-state index contributed by atoms with van der Waals surface area (Å²) < 4.78 is 5.08. The van der Waals surface area contributed by atoms with Gasteiger partial charge in [0.25, 0.3) is 0 Å². The van der Waals surface area contributed by atoms with Crippen LogP contribution < -0.4 is 5.32 Å². The van der Waals surface area contributed by atoms with E-state index in [1.54, 1.807) is 20.2 Å². The summed E-state index contributed by atoms with van der Waals surface area (Å²) in [5.41, 5.74) is 0. The molecule has 0 aromatic heterocycles. The van der Waals surface area contributed by atoms with Crippen LogP contribution in [0.3, 0.4) is 0 Å². The zero-order chi connectivity index (χ0) is 17.2. The van der Waals surface area contributed by atoms with Gasteiger partial charge in [0.05, 0.1) is 12.5 Å². The summed E-state index contributed by atoms with van der Waals surface area (Å²) >= 11 is 0. The molecule has 1 heterocycles. The van der Waals surface area contributed by atoms with Crippen LogP contribution in [-0.2, 0) is 14.3 Å². The van der Waals surface area contributed by atoms with E-state index >= 15 is 0 Å². The van der Waals surface area contributed by atoms with E-state index in [9.17, 15) is 9.59 Å². The zero-order valence-electron chi connectivity index (χ0n) is 14.4. The van der Waals surface area contributed by atoms with Crippen LogP contribution in [-0.4, -0.2) is 74.5 Å². The summed E-state index contributed by atoms with van der Waals surface area (Å²) in [7, 11) is 3.42. The van der Waals surface area contributed by atoms with Gasteiger partial charge < -0.3 is 19.9 Å². The highest BCUT2D eigenvalue weighted by Crippen LogP contribution is 2.18. The smallest absolute Gasteiger partial charge is 0.309 e. The van der Waals surface area contributed by atoms with Gasteiger partial charge in [0.1, 0.15) is 6.54 Å². The highest BCUT2D eigenvalue weighted by atomic mass is 16.5. The number of carbonyl (C=O) groups is 2. The summed E-state index contributed by atoms with van der Waals surface area (Å²) in [6.07, 6.45) is 3.21. The van der Waals surface area contributed by atoms with Gasteiger partial charge in [0, 0.05) is 33.7 Å². The summed E-state index contributed by atoms with van der Waals surface area (Å²) in [6, 6.07) is 0. The van der Waals surface area contributed by atoms with E-state index in [1.807, 2.05) is 6.92 Å². The lowest BCUT2D eigenvalue weighted by molar-refractivity contribution is -0.149. The number of piperidine rings is 1. The van der Waals surface area contributed by atoms with Crippen molar-refractivity contribution in [3.05, 3.63) is 12.7 Å². The molecule has 0 aromatic carbocycles. The fourth-order valence-corrected chi connectivity index (χ4v) is 2.30. The molecule has 0 saturated carbocycles. The number of aliphatic imine (C=N–C) groups is 1. The molecule has 0 bridgehead atoms. The van der Waals surface area contributed by atoms with Crippen molar-refractivity contribution in [1.29, 1.82) is 0 Å². The molecule has 7 heteroatoms. The Labute approximate surface area is 138 Å². The van der Waals surface area contributed by atoms with Crippen LogP contribution in [0.2, 0.25) is 0 Å². The monoisotopic (exact) mass is 324 g/mol. The third kappa shape index (κ3) is 6.30. The second-order valence-corrected chi connectivity index (χ2v) is 5.61. The molecule has 1 N–H and O–H groups in total. The predicted molar refractivity (Wildman–Crippen MR) is 90.1 cm³/mol. The number of likely N-dealkylation sites (N-methyl/N-ethyl adjacent to an activating group) is 1. The lowest BCUT2D eigenvalue weighted by Gasteiger charge is -2.33. The van der Waals surface area contributed by atoms with Crippen molar-refractivity contribution in [2.75, 3.05) is 46.9 Å². The molecular weight excluding hydrogens is 296 g/mol. The molecule has 0 aromatic rings. The molecular formula is C16H28N4O3. The minimum Gasteiger partial charge on any atom is -0.466 e. The molecule has 1 aliphatic heterocycles. The Kier molecular flexibility index (Phi) is 8.15. The molecule has 0 unspecified atom stereocenters. The SMILES string of the molecule is C=CCNC(=NCC(=O)N(C)C)N1CCC(C(=O)OCC)CC1. The number of ether oxygens (including phenoxy) is 1. The average molecular weight is 324 g/mol. The van der Waals surface area contributed by atoms with E-state index in [4.69, 9.17) is 4.74 Å².